The number of benzene rings is 2. The number of rotatable bonds is 6. The summed E-state index contributed by atoms with van der Waals surface area (Å²) in [6.07, 6.45) is 0. The Balaban J connectivity index is 1.50. The highest BCUT2D eigenvalue weighted by molar-refractivity contribution is 8.01. The molecule has 0 aliphatic rings. The summed E-state index contributed by atoms with van der Waals surface area (Å²) in [6.45, 7) is 0. The molecule has 3 aromatic rings. The molecule has 132 valence electrons. The van der Waals surface area contributed by atoms with Gasteiger partial charge in [-0.3, -0.25) is 14.9 Å². The number of hydrogen-bond donors (Lipinski definition) is 2. The molecule has 2 aromatic carbocycles. The second-order valence-corrected chi connectivity index (χ2v) is 7.24. The van der Waals surface area contributed by atoms with E-state index in [-0.39, 0.29) is 11.7 Å². The average molecular weight is 388 g/mol. The van der Waals surface area contributed by atoms with E-state index < -0.39 is 11.7 Å². The Morgan fingerprint density at radius 1 is 1.00 bits per heavy atom. The van der Waals surface area contributed by atoms with Gasteiger partial charge in [-0.05, 0) is 36.4 Å². The number of para-hydroxylation sites is 1. The third kappa shape index (κ3) is 5.11. The van der Waals surface area contributed by atoms with Crippen LogP contribution in [0, 0.1) is 5.82 Å². The summed E-state index contributed by atoms with van der Waals surface area (Å²) in [4.78, 5) is 23.9. The van der Waals surface area contributed by atoms with E-state index in [4.69, 9.17) is 0 Å². The van der Waals surface area contributed by atoms with Crippen LogP contribution in [-0.4, -0.2) is 27.8 Å². The van der Waals surface area contributed by atoms with Crippen molar-refractivity contribution in [3.63, 3.8) is 0 Å². The number of carbonyl (C=O) groups is 2. The molecule has 1 heterocycles. The molecule has 0 spiro atoms. The van der Waals surface area contributed by atoms with Crippen LogP contribution in [0.5, 0.6) is 0 Å². The number of thioether (sulfide) groups is 1. The Morgan fingerprint density at radius 2 is 1.73 bits per heavy atom. The molecule has 1 aromatic heterocycles. The average Bonchev–Trinajstić information content (AvgIpc) is 3.09. The Hall–Kier alpha value is -2.78. The highest BCUT2D eigenvalue weighted by atomic mass is 32.2. The summed E-state index contributed by atoms with van der Waals surface area (Å²) in [6, 6.07) is 14.3. The standard InChI is InChI=1S/C17H13FN4O2S2/c18-12-8-6-11(7-9-12)15(24)20-16-21-22-17(26-16)25-10-14(23)19-13-4-2-1-3-5-13/h1-9H,10H2,(H,19,23)(H,20,21,24). The quantitative estimate of drug-likeness (QED) is 0.497. The molecule has 0 aliphatic heterocycles. The Kier molecular flexibility index (Phi) is 5.92. The highest BCUT2D eigenvalue weighted by Gasteiger charge is 2.12. The van der Waals surface area contributed by atoms with Crippen molar-refractivity contribution in [1.29, 1.82) is 0 Å². The summed E-state index contributed by atoms with van der Waals surface area (Å²) in [5.74, 6) is -0.798. The Bertz CT molecular complexity index is 901. The van der Waals surface area contributed by atoms with Gasteiger partial charge in [-0.2, -0.15) is 0 Å². The van der Waals surface area contributed by atoms with Crippen LogP contribution in [0.1, 0.15) is 10.4 Å². The lowest BCUT2D eigenvalue weighted by Gasteiger charge is -2.03. The van der Waals surface area contributed by atoms with Gasteiger partial charge < -0.3 is 5.32 Å². The van der Waals surface area contributed by atoms with Crippen molar-refractivity contribution >= 4 is 45.7 Å². The predicted molar refractivity (Wildman–Crippen MR) is 100 cm³/mol. The van der Waals surface area contributed by atoms with Gasteiger partial charge >= 0.3 is 0 Å². The summed E-state index contributed by atoms with van der Waals surface area (Å²) in [5, 5.41) is 13.5. The molecule has 0 radical (unpaired) electrons. The van der Waals surface area contributed by atoms with E-state index in [0.29, 0.717) is 15.0 Å². The van der Waals surface area contributed by atoms with E-state index >= 15 is 0 Å². The molecule has 26 heavy (non-hydrogen) atoms. The van der Waals surface area contributed by atoms with Crippen molar-refractivity contribution in [2.75, 3.05) is 16.4 Å². The van der Waals surface area contributed by atoms with Gasteiger partial charge in [0.2, 0.25) is 11.0 Å². The normalized spacial score (nSPS) is 10.3. The third-order valence-corrected chi connectivity index (χ3v) is 5.09. The van der Waals surface area contributed by atoms with Gasteiger partial charge in [0.25, 0.3) is 5.91 Å². The van der Waals surface area contributed by atoms with Crippen LogP contribution in [0.4, 0.5) is 15.2 Å². The second-order valence-electron chi connectivity index (χ2n) is 5.04. The second kappa shape index (κ2) is 8.54. The van der Waals surface area contributed by atoms with Gasteiger partial charge in [0.1, 0.15) is 5.82 Å². The Morgan fingerprint density at radius 3 is 2.46 bits per heavy atom. The maximum absolute atomic E-state index is 12.9. The maximum Gasteiger partial charge on any atom is 0.257 e. The van der Waals surface area contributed by atoms with E-state index in [1.54, 1.807) is 12.1 Å². The molecule has 0 unspecified atom stereocenters. The van der Waals surface area contributed by atoms with Gasteiger partial charge in [0.15, 0.2) is 4.34 Å². The molecule has 2 amide bonds. The minimum atomic E-state index is -0.412. The maximum atomic E-state index is 12.9. The minimum absolute atomic E-state index is 0.159. The van der Waals surface area contributed by atoms with Gasteiger partial charge in [-0.25, -0.2) is 4.39 Å². The Labute approximate surface area is 156 Å². The van der Waals surface area contributed by atoms with E-state index in [0.717, 1.165) is 17.0 Å². The zero-order chi connectivity index (χ0) is 18.4. The van der Waals surface area contributed by atoms with Gasteiger partial charge in [-0.15, -0.1) is 10.2 Å². The first-order valence-corrected chi connectivity index (χ1v) is 9.28. The zero-order valence-electron chi connectivity index (χ0n) is 13.3. The van der Waals surface area contributed by atoms with E-state index in [2.05, 4.69) is 20.8 Å². The van der Waals surface area contributed by atoms with Crippen LogP contribution in [0.25, 0.3) is 0 Å². The largest absolute Gasteiger partial charge is 0.325 e. The van der Waals surface area contributed by atoms with Crippen molar-refractivity contribution in [2.45, 2.75) is 4.34 Å². The van der Waals surface area contributed by atoms with Crippen molar-refractivity contribution in [3.8, 4) is 0 Å². The molecule has 2 N–H and O–H groups in total. The van der Waals surface area contributed by atoms with Gasteiger partial charge in [0, 0.05) is 11.3 Å². The molecule has 0 atom stereocenters. The molecule has 0 aliphatic carbocycles. The molecular weight excluding hydrogens is 375 g/mol. The molecule has 0 saturated heterocycles. The van der Waals surface area contributed by atoms with Crippen LogP contribution >= 0.6 is 23.1 Å². The fraction of sp³-hybridized carbons (Fsp3) is 0.0588. The van der Waals surface area contributed by atoms with Crippen molar-refractivity contribution in [3.05, 3.63) is 66.0 Å². The molecule has 3 rings (SSSR count). The SMILES string of the molecule is O=C(CSc1nnc(NC(=O)c2ccc(F)cc2)s1)Nc1ccccc1. The third-order valence-electron chi connectivity index (χ3n) is 3.12. The monoisotopic (exact) mass is 388 g/mol. The van der Waals surface area contributed by atoms with Gasteiger partial charge in [-0.1, -0.05) is 41.3 Å². The number of anilines is 2. The lowest BCUT2D eigenvalue weighted by atomic mass is 10.2. The zero-order valence-corrected chi connectivity index (χ0v) is 14.9. The van der Waals surface area contributed by atoms with Crippen LogP contribution in [0.3, 0.4) is 0 Å². The highest BCUT2D eigenvalue weighted by Crippen LogP contribution is 2.26. The number of hydrogen-bond acceptors (Lipinski definition) is 6. The van der Waals surface area contributed by atoms with E-state index in [9.17, 15) is 14.0 Å². The molecule has 0 bridgehead atoms. The number of nitrogens with one attached hydrogen (secondary N) is 2. The van der Waals surface area contributed by atoms with Crippen molar-refractivity contribution < 1.29 is 14.0 Å². The first-order chi connectivity index (χ1) is 12.6. The van der Waals surface area contributed by atoms with Crippen LogP contribution < -0.4 is 10.6 Å². The predicted octanol–water partition coefficient (Wildman–Crippen LogP) is 3.66. The van der Waals surface area contributed by atoms with Crippen molar-refractivity contribution in [2.24, 2.45) is 0 Å². The molecular formula is C17H13FN4O2S2. The fourth-order valence-corrected chi connectivity index (χ4v) is 3.48. The van der Waals surface area contributed by atoms with Crippen molar-refractivity contribution in [1.82, 2.24) is 10.2 Å². The number of nitrogens with zero attached hydrogens (tertiary/aromatic N) is 2. The number of amides is 2. The lowest BCUT2D eigenvalue weighted by molar-refractivity contribution is -0.113. The van der Waals surface area contributed by atoms with E-state index in [1.165, 1.54) is 36.0 Å². The number of halogens is 1. The molecule has 9 heteroatoms. The minimum Gasteiger partial charge on any atom is -0.325 e. The molecule has 0 fully saturated rings. The first-order valence-electron chi connectivity index (χ1n) is 7.48. The number of aromatic nitrogens is 2. The topological polar surface area (TPSA) is 84.0 Å². The lowest BCUT2D eigenvalue weighted by Crippen LogP contribution is -2.13. The smallest absolute Gasteiger partial charge is 0.257 e. The first kappa shape index (κ1) is 18.0. The summed E-state index contributed by atoms with van der Waals surface area (Å²) >= 11 is 2.39. The molecule has 6 nitrogen and oxygen atoms in total. The van der Waals surface area contributed by atoms with Crippen LogP contribution in [0.2, 0.25) is 0 Å². The summed E-state index contributed by atoms with van der Waals surface area (Å²) in [5.41, 5.74) is 1.04. The molecule has 0 saturated carbocycles. The van der Waals surface area contributed by atoms with Crippen LogP contribution in [0.15, 0.2) is 58.9 Å². The van der Waals surface area contributed by atoms with Crippen LogP contribution in [-0.2, 0) is 4.79 Å². The van der Waals surface area contributed by atoms with Gasteiger partial charge in [0.05, 0.1) is 5.75 Å². The fourth-order valence-electron chi connectivity index (χ4n) is 1.94. The summed E-state index contributed by atoms with van der Waals surface area (Å²) < 4.78 is 13.4. The number of carbonyl (C=O) groups excluding carboxylic acids is 2. The van der Waals surface area contributed by atoms with E-state index in [1.807, 2.05) is 18.2 Å². The summed E-state index contributed by atoms with van der Waals surface area (Å²) in [7, 11) is 0.